The summed E-state index contributed by atoms with van der Waals surface area (Å²) in [6, 6.07) is 11.6. The Kier molecular flexibility index (Phi) is 11.9. The van der Waals surface area contributed by atoms with E-state index in [1.165, 1.54) is 25.7 Å². The molecule has 186 valence electrons. The smallest absolute Gasteiger partial charge is 0.136 e. The molecule has 3 rings (SSSR count). The summed E-state index contributed by atoms with van der Waals surface area (Å²) in [6.45, 7) is 5.72. The molecule has 1 aromatic carbocycles. The number of unbranched alkanes of at least 4 members (excludes halogenated alkanes) is 6. The van der Waals surface area contributed by atoms with Gasteiger partial charge < -0.3 is 9.47 Å². The minimum absolute atomic E-state index is 0.651. The summed E-state index contributed by atoms with van der Waals surface area (Å²) in [7, 11) is 0. The predicted octanol–water partition coefficient (Wildman–Crippen LogP) is 7.19. The zero-order valence-electron chi connectivity index (χ0n) is 21.6. The van der Waals surface area contributed by atoms with Crippen LogP contribution < -0.4 is 9.47 Å². The second kappa shape index (κ2) is 16.0. The maximum absolute atomic E-state index is 6.23. The standard InChI is InChI=1S/C32H36N2O2/c1-3-5-7-9-23-35-31-25-30(14-12-28-17-21-34-22-18-28)32(36-24-10-8-6-4-2)26-29(31)13-11-27-15-19-33-20-16-27/h15-22,25-26H,3-10,23-24H2,1-2H3. The van der Waals surface area contributed by atoms with Crippen LogP contribution >= 0.6 is 0 Å². The second-order valence-electron chi connectivity index (χ2n) is 8.63. The Bertz CT molecular complexity index is 1070. The number of ether oxygens (including phenoxy) is 2. The minimum atomic E-state index is 0.651. The van der Waals surface area contributed by atoms with Gasteiger partial charge in [0.1, 0.15) is 11.5 Å². The number of nitrogens with zero attached hydrogens (tertiary/aromatic N) is 2. The number of aromatic nitrogens is 2. The van der Waals surface area contributed by atoms with Crippen LogP contribution in [0, 0.1) is 23.7 Å². The van der Waals surface area contributed by atoms with Crippen LogP contribution in [-0.2, 0) is 0 Å². The molecule has 0 N–H and O–H groups in total. The van der Waals surface area contributed by atoms with Gasteiger partial charge in [-0.2, -0.15) is 0 Å². The Balaban J connectivity index is 1.93. The van der Waals surface area contributed by atoms with Crippen LogP contribution in [0.1, 0.15) is 87.5 Å². The molecule has 3 aromatic rings. The first-order valence-electron chi connectivity index (χ1n) is 13.1. The van der Waals surface area contributed by atoms with E-state index in [2.05, 4.69) is 47.5 Å². The highest BCUT2D eigenvalue weighted by molar-refractivity contribution is 5.60. The SMILES string of the molecule is CCCCCCOc1cc(C#Cc2ccncc2)c(OCCCCCC)cc1C#Cc1ccncc1. The third-order valence-corrected chi connectivity index (χ3v) is 5.64. The van der Waals surface area contributed by atoms with Crippen molar-refractivity contribution in [3.05, 3.63) is 83.4 Å². The molecule has 0 saturated carbocycles. The fraction of sp³-hybridized carbons (Fsp3) is 0.375. The van der Waals surface area contributed by atoms with Crippen molar-refractivity contribution in [2.75, 3.05) is 13.2 Å². The Morgan fingerprint density at radius 1 is 0.556 bits per heavy atom. The van der Waals surface area contributed by atoms with Crippen molar-refractivity contribution < 1.29 is 9.47 Å². The highest BCUT2D eigenvalue weighted by atomic mass is 16.5. The maximum atomic E-state index is 6.23. The van der Waals surface area contributed by atoms with E-state index in [1.807, 2.05) is 36.4 Å². The van der Waals surface area contributed by atoms with Gasteiger partial charge in [-0.25, -0.2) is 0 Å². The molecule has 0 atom stereocenters. The fourth-order valence-corrected chi connectivity index (χ4v) is 3.57. The molecule has 36 heavy (non-hydrogen) atoms. The highest BCUT2D eigenvalue weighted by Crippen LogP contribution is 2.29. The summed E-state index contributed by atoms with van der Waals surface area (Å²) in [6.07, 6.45) is 16.1. The molecule has 2 aromatic heterocycles. The summed E-state index contributed by atoms with van der Waals surface area (Å²) in [5.74, 6) is 14.5. The minimum Gasteiger partial charge on any atom is -0.492 e. The maximum Gasteiger partial charge on any atom is 0.136 e. The van der Waals surface area contributed by atoms with Gasteiger partial charge in [-0.1, -0.05) is 76.1 Å². The van der Waals surface area contributed by atoms with Crippen LogP contribution in [0.4, 0.5) is 0 Å². The monoisotopic (exact) mass is 480 g/mol. The van der Waals surface area contributed by atoms with E-state index in [9.17, 15) is 0 Å². The molecular weight excluding hydrogens is 444 g/mol. The number of hydrogen-bond donors (Lipinski definition) is 0. The average Bonchev–Trinajstić information content (AvgIpc) is 2.92. The molecule has 0 aliphatic rings. The van der Waals surface area contributed by atoms with Crippen LogP contribution in [0.5, 0.6) is 11.5 Å². The molecule has 4 nitrogen and oxygen atoms in total. The van der Waals surface area contributed by atoms with Crippen LogP contribution in [0.25, 0.3) is 0 Å². The van der Waals surface area contributed by atoms with Gasteiger partial charge in [-0.15, -0.1) is 0 Å². The Hall–Kier alpha value is -3.76. The van der Waals surface area contributed by atoms with E-state index < -0.39 is 0 Å². The van der Waals surface area contributed by atoms with Gasteiger partial charge in [-0.3, -0.25) is 9.97 Å². The first-order valence-corrected chi connectivity index (χ1v) is 13.1. The first-order chi connectivity index (χ1) is 17.8. The lowest BCUT2D eigenvalue weighted by atomic mass is 10.1. The summed E-state index contributed by atoms with van der Waals surface area (Å²) in [4.78, 5) is 8.15. The Labute approximate surface area is 216 Å². The van der Waals surface area contributed by atoms with E-state index in [0.29, 0.717) is 13.2 Å². The predicted molar refractivity (Wildman–Crippen MR) is 146 cm³/mol. The van der Waals surface area contributed by atoms with Crippen LogP contribution in [0.15, 0.2) is 61.2 Å². The van der Waals surface area contributed by atoms with Crippen LogP contribution in [-0.4, -0.2) is 23.2 Å². The lowest BCUT2D eigenvalue weighted by molar-refractivity contribution is 0.295. The highest BCUT2D eigenvalue weighted by Gasteiger charge is 2.11. The van der Waals surface area contributed by atoms with Crippen molar-refractivity contribution in [3.63, 3.8) is 0 Å². The molecule has 0 radical (unpaired) electrons. The van der Waals surface area contributed by atoms with Crippen molar-refractivity contribution >= 4 is 0 Å². The van der Waals surface area contributed by atoms with Gasteiger partial charge in [0.05, 0.1) is 24.3 Å². The summed E-state index contributed by atoms with van der Waals surface area (Å²) in [5.41, 5.74) is 3.42. The summed E-state index contributed by atoms with van der Waals surface area (Å²) < 4.78 is 12.5. The third kappa shape index (κ3) is 9.47. The number of benzene rings is 1. The van der Waals surface area contributed by atoms with Gasteiger partial charge >= 0.3 is 0 Å². The molecule has 0 fully saturated rings. The normalized spacial score (nSPS) is 10.1. The molecule has 0 unspecified atom stereocenters. The Morgan fingerprint density at radius 2 is 0.972 bits per heavy atom. The number of rotatable bonds is 12. The van der Waals surface area contributed by atoms with E-state index >= 15 is 0 Å². The molecule has 0 aliphatic heterocycles. The average molecular weight is 481 g/mol. The van der Waals surface area contributed by atoms with E-state index in [4.69, 9.17) is 9.47 Å². The third-order valence-electron chi connectivity index (χ3n) is 5.64. The Morgan fingerprint density at radius 3 is 1.36 bits per heavy atom. The zero-order chi connectivity index (χ0) is 25.3. The van der Waals surface area contributed by atoms with Gasteiger partial charge in [-0.05, 0) is 37.1 Å². The topological polar surface area (TPSA) is 44.2 Å². The second-order valence-corrected chi connectivity index (χ2v) is 8.63. The molecule has 0 bridgehead atoms. The van der Waals surface area contributed by atoms with Gasteiger partial charge in [0.25, 0.3) is 0 Å². The quantitative estimate of drug-likeness (QED) is 0.203. The summed E-state index contributed by atoms with van der Waals surface area (Å²) >= 11 is 0. The largest absolute Gasteiger partial charge is 0.492 e. The number of pyridine rings is 2. The van der Waals surface area contributed by atoms with Crippen molar-refractivity contribution in [1.82, 2.24) is 9.97 Å². The molecule has 0 saturated heterocycles. The van der Waals surface area contributed by atoms with Gasteiger partial charge in [0.15, 0.2) is 0 Å². The fourth-order valence-electron chi connectivity index (χ4n) is 3.57. The van der Waals surface area contributed by atoms with Gasteiger partial charge in [0, 0.05) is 48.0 Å². The van der Waals surface area contributed by atoms with Crippen LogP contribution in [0.3, 0.4) is 0 Å². The molecule has 0 spiro atoms. The van der Waals surface area contributed by atoms with Crippen molar-refractivity contribution in [2.24, 2.45) is 0 Å². The van der Waals surface area contributed by atoms with Crippen molar-refractivity contribution in [2.45, 2.75) is 65.2 Å². The van der Waals surface area contributed by atoms with Crippen molar-refractivity contribution in [1.29, 1.82) is 0 Å². The molecule has 0 amide bonds. The van der Waals surface area contributed by atoms with Gasteiger partial charge in [0.2, 0.25) is 0 Å². The van der Waals surface area contributed by atoms with E-state index in [1.54, 1.807) is 24.8 Å². The molecule has 0 aliphatic carbocycles. The first kappa shape index (κ1) is 26.8. The summed E-state index contributed by atoms with van der Waals surface area (Å²) in [5, 5.41) is 0. The van der Waals surface area contributed by atoms with Crippen molar-refractivity contribution in [3.8, 4) is 35.2 Å². The van der Waals surface area contributed by atoms with Crippen LogP contribution in [0.2, 0.25) is 0 Å². The lowest BCUT2D eigenvalue weighted by Crippen LogP contribution is -2.03. The molecule has 2 heterocycles. The van der Waals surface area contributed by atoms with E-state index in [0.717, 1.165) is 59.4 Å². The van der Waals surface area contributed by atoms with E-state index in [-0.39, 0.29) is 0 Å². The lowest BCUT2D eigenvalue weighted by Gasteiger charge is -2.14. The zero-order valence-corrected chi connectivity index (χ0v) is 21.6. The molecular formula is C32H36N2O2. The number of hydrogen-bond acceptors (Lipinski definition) is 4. The molecule has 4 heteroatoms.